The van der Waals surface area contributed by atoms with Crippen molar-refractivity contribution in [2.75, 3.05) is 17.3 Å². The molecule has 67 heavy (non-hydrogen) atoms. The third kappa shape index (κ3) is 13.6. The van der Waals surface area contributed by atoms with Gasteiger partial charge in [0.1, 0.15) is 22.0 Å². The maximum Gasteiger partial charge on any atom is 0.388 e. The fourth-order valence-corrected chi connectivity index (χ4v) is 7.61. The van der Waals surface area contributed by atoms with Gasteiger partial charge < -0.3 is 29.2 Å². The van der Waals surface area contributed by atoms with Gasteiger partial charge in [-0.1, -0.05) is 52.9 Å². The molecule has 0 fully saturated rings. The molecule has 0 saturated heterocycles. The van der Waals surface area contributed by atoms with Crippen LogP contribution in [0.15, 0.2) is 70.6 Å². The quantitative estimate of drug-likeness (QED) is 0.0559. The number of methoxy groups -OCH3 is 1. The van der Waals surface area contributed by atoms with E-state index in [2.05, 4.69) is 25.4 Å². The van der Waals surface area contributed by atoms with Gasteiger partial charge >= 0.3 is 31.2 Å². The summed E-state index contributed by atoms with van der Waals surface area (Å²) in [5.41, 5.74) is 0.0498. The average Bonchev–Trinajstić information content (AvgIpc) is 3.50. The lowest BCUT2D eigenvalue weighted by molar-refractivity contribution is -0.120. The molecule has 6 rings (SSSR count). The summed E-state index contributed by atoms with van der Waals surface area (Å²) in [5, 5.41) is 19.9. The van der Waals surface area contributed by atoms with Crippen LogP contribution in [0.1, 0.15) is 53.3 Å². The highest BCUT2D eigenvalue weighted by molar-refractivity contribution is 7.90. The molecule has 1 atom stereocenters. The number of benzene rings is 3. The number of rotatable bonds is 13. The van der Waals surface area contributed by atoms with E-state index in [1.54, 1.807) is 12.2 Å². The molecule has 0 radical (unpaired) electrons. The third-order valence-corrected chi connectivity index (χ3v) is 10.9. The summed E-state index contributed by atoms with van der Waals surface area (Å²) in [6.07, 6.45) is 7.47. The summed E-state index contributed by atoms with van der Waals surface area (Å²) in [7, 11) is -3.38. The van der Waals surface area contributed by atoms with Crippen LogP contribution in [0.25, 0.3) is 0 Å². The van der Waals surface area contributed by atoms with Crippen LogP contribution in [-0.2, 0) is 19.6 Å². The lowest BCUT2D eigenvalue weighted by Crippen LogP contribution is -2.35. The van der Waals surface area contributed by atoms with Crippen LogP contribution < -0.4 is 33.9 Å². The number of ether oxygens (including phenoxy) is 4. The van der Waals surface area contributed by atoms with E-state index in [-0.39, 0.29) is 37.8 Å². The smallest absolute Gasteiger partial charge is 0.388 e. The number of alkyl halides is 4. The Morgan fingerprint density at radius 1 is 0.836 bits per heavy atom. The molecule has 0 bridgehead atoms. The zero-order chi connectivity index (χ0) is 49.9. The van der Waals surface area contributed by atoms with E-state index >= 15 is 0 Å². The van der Waals surface area contributed by atoms with Gasteiger partial charge in [-0.25, -0.2) is 36.8 Å². The molecule has 1 aromatic heterocycles. The van der Waals surface area contributed by atoms with Crippen molar-refractivity contribution in [1.29, 1.82) is 0 Å². The molecule has 356 valence electrons. The molecule has 3 aromatic carbocycles. The van der Waals surface area contributed by atoms with Crippen LogP contribution in [0.3, 0.4) is 0 Å². The van der Waals surface area contributed by atoms with Crippen molar-refractivity contribution in [3.63, 3.8) is 0 Å². The first-order valence-corrected chi connectivity index (χ1v) is 21.0. The maximum absolute atomic E-state index is 14.4. The lowest BCUT2D eigenvalue weighted by Gasteiger charge is -2.19. The van der Waals surface area contributed by atoms with E-state index in [1.807, 2.05) is 0 Å². The third-order valence-electron chi connectivity index (χ3n) is 8.61. The number of aromatic nitrogens is 2. The number of sulfonamides is 1. The number of hydrogen-bond donors (Lipinski definition) is 4. The predicted molar refractivity (Wildman–Crippen MR) is 226 cm³/mol. The summed E-state index contributed by atoms with van der Waals surface area (Å²) < 4.78 is 108. The number of carbonyl (C=O) groups is 5. The molecule has 1 aliphatic carbocycles. The number of aromatic carboxylic acids is 2. The van der Waals surface area contributed by atoms with Gasteiger partial charge in [0, 0.05) is 17.2 Å². The van der Waals surface area contributed by atoms with Crippen molar-refractivity contribution in [2.45, 2.75) is 56.8 Å². The number of nitrogens with zero attached hydrogens (tertiary/aromatic N) is 3. The maximum atomic E-state index is 14.4. The minimum Gasteiger partial charge on any atom is -0.494 e. The largest absolute Gasteiger partial charge is 0.494 e. The Balaban J connectivity index is 0.000000236. The Labute approximate surface area is 390 Å². The van der Waals surface area contributed by atoms with Crippen LogP contribution in [0.5, 0.6) is 23.3 Å². The number of carboxylic acids is 2. The van der Waals surface area contributed by atoms with Gasteiger partial charge in [0.15, 0.2) is 11.9 Å². The number of carbonyl (C=O) groups excluding carboxylic acids is 3. The first-order chi connectivity index (χ1) is 31.5. The van der Waals surface area contributed by atoms with Crippen molar-refractivity contribution in [3.8, 4) is 35.6 Å². The van der Waals surface area contributed by atoms with Crippen molar-refractivity contribution in [2.24, 2.45) is 0 Å². The summed E-state index contributed by atoms with van der Waals surface area (Å²) in [6, 6.07) is 8.39. The fourth-order valence-electron chi connectivity index (χ4n) is 5.84. The van der Waals surface area contributed by atoms with Crippen molar-refractivity contribution in [1.82, 2.24) is 14.7 Å². The second kappa shape index (κ2) is 23.0. The fraction of sp³-hybridized carbons (Fsp3) is 0.225. The summed E-state index contributed by atoms with van der Waals surface area (Å²) in [6.45, 7) is -5.19. The zero-order valence-electron chi connectivity index (χ0n) is 34.0. The molecule has 4 amide bonds. The van der Waals surface area contributed by atoms with Gasteiger partial charge in [-0.05, 0) is 62.9 Å². The minimum atomic E-state index is -4.71. The Bertz CT molecular complexity index is 2730. The first-order valence-electron chi connectivity index (χ1n) is 18.4. The number of nitrogens with one attached hydrogen (secondary N) is 2. The molecule has 4 aromatic rings. The number of terminal acetylenes is 1. The molecule has 1 aliphatic heterocycles. The van der Waals surface area contributed by atoms with Crippen LogP contribution >= 0.6 is 34.8 Å². The van der Waals surface area contributed by atoms with E-state index in [0.29, 0.717) is 30.1 Å². The van der Waals surface area contributed by atoms with Gasteiger partial charge in [0.2, 0.25) is 17.7 Å². The number of urea groups is 1. The highest BCUT2D eigenvalue weighted by atomic mass is 35.5. The van der Waals surface area contributed by atoms with E-state index < -0.39 is 93.1 Å². The molecule has 4 N–H and O–H groups in total. The number of hydrogen-bond acceptors (Lipinski definition) is 13. The van der Waals surface area contributed by atoms with Crippen molar-refractivity contribution < 1.29 is 83.5 Å². The molecular weight excluding hydrogens is 992 g/mol. The molecule has 1 unspecified atom stereocenters. The highest BCUT2D eigenvalue weighted by Gasteiger charge is 2.41. The minimum absolute atomic E-state index is 0.0233. The summed E-state index contributed by atoms with van der Waals surface area (Å²) in [4.78, 5) is 65.6. The monoisotopic (exact) mass is 1020 g/mol. The van der Waals surface area contributed by atoms with Crippen LogP contribution in [0.4, 0.5) is 38.4 Å². The standard InChI is InChI=1S/C18H15ClFNO3.C14H10F4N4O7S.C8H6Cl2O3/c1-3-10(2)24-16-9-15(14(20)8-13(16)19)21-17(22)11-6-4-5-7-12(11)18(21)23;15-11(16)28-8-5-9(29-12(17)18)20-13(19-8)21-14(25)22-30(26,27)7-4-2-1-3-6(7)10(23)24;1-13-7-5(10)3-2-4(9)6(7)8(11)12/h1,8-10H,4-7H2,2H3;1-5,11-12H,(H,23,24)(H2,19,20,21,22,25);2-3H,1H3,(H,11,12). The Hall–Kier alpha value is -6.94. The average molecular weight is 1020 g/mol. The van der Waals surface area contributed by atoms with Crippen LogP contribution in [0, 0.1) is 18.2 Å². The molecule has 2 heterocycles. The van der Waals surface area contributed by atoms with Crippen molar-refractivity contribution in [3.05, 3.63) is 97.8 Å². The second-order valence-electron chi connectivity index (χ2n) is 13.0. The van der Waals surface area contributed by atoms with Gasteiger partial charge in [-0.3, -0.25) is 14.9 Å². The van der Waals surface area contributed by atoms with E-state index in [9.17, 15) is 54.3 Å². The number of amides is 4. The van der Waals surface area contributed by atoms with Gasteiger partial charge in [-0.15, -0.1) is 6.42 Å². The number of imide groups is 1. The zero-order valence-corrected chi connectivity index (χ0v) is 37.1. The summed E-state index contributed by atoms with van der Waals surface area (Å²) in [5.74, 6) is -4.73. The van der Waals surface area contributed by atoms with E-state index in [0.717, 1.165) is 35.9 Å². The summed E-state index contributed by atoms with van der Waals surface area (Å²) >= 11 is 17.3. The Kier molecular flexibility index (Phi) is 18.1. The topological polar surface area (TPSA) is 250 Å². The molecule has 27 heteroatoms. The Morgan fingerprint density at radius 2 is 1.39 bits per heavy atom. The van der Waals surface area contributed by atoms with Gasteiger partial charge in [0.25, 0.3) is 21.8 Å². The molecule has 2 aliphatic rings. The first kappa shape index (κ1) is 52.7. The normalized spacial score (nSPS) is 13.6. The number of halogens is 8. The second-order valence-corrected chi connectivity index (χ2v) is 15.9. The number of anilines is 2. The van der Waals surface area contributed by atoms with Crippen molar-refractivity contribution >= 4 is 86.2 Å². The highest BCUT2D eigenvalue weighted by Crippen LogP contribution is 2.40. The molecule has 0 saturated carbocycles. The molecular formula is C40H31Cl3F5N5O13S. The molecule has 0 spiro atoms. The predicted octanol–water partition coefficient (Wildman–Crippen LogP) is 8.21. The van der Waals surface area contributed by atoms with Crippen LogP contribution in [0.2, 0.25) is 15.1 Å². The molecule has 18 nitrogen and oxygen atoms in total. The van der Waals surface area contributed by atoms with E-state index in [1.165, 1.54) is 42.2 Å². The van der Waals surface area contributed by atoms with Crippen LogP contribution in [-0.4, -0.2) is 84.8 Å². The van der Waals surface area contributed by atoms with E-state index in [4.69, 9.17) is 60.9 Å². The number of carboxylic acid groups (broad SMARTS) is 2. The van der Waals surface area contributed by atoms with Gasteiger partial charge in [-0.2, -0.15) is 27.5 Å². The Morgan fingerprint density at radius 3 is 1.88 bits per heavy atom. The lowest BCUT2D eigenvalue weighted by atomic mass is 9.93. The SMILES string of the molecule is C#CC(C)Oc1cc(N2C(=O)C3=C(CCCC3)C2=O)c(F)cc1Cl.COc1c(Cl)ccc(Cl)c1C(=O)O.O=C(Nc1nc(OC(F)F)cc(OC(F)F)n1)NS(=O)(=O)c1ccccc1C(=O)O. The van der Waals surface area contributed by atoms with Gasteiger partial charge in [0.05, 0.1) is 39.5 Å².